The van der Waals surface area contributed by atoms with Crippen molar-refractivity contribution in [2.24, 2.45) is 10.9 Å². The van der Waals surface area contributed by atoms with Gasteiger partial charge in [-0.1, -0.05) is 13.8 Å². The number of guanidine groups is 1. The summed E-state index contributed by atoms with van der Waals surface area (Å²) in [5, 5.41) is 3.54. The average Bonchev–Trinajstić information content (AvgIpc) is 3.21. The molecule has 1 aromatic heterocycles. The van der Waals surface area contributed by atoms with E-state index in [1.165, 1.54) is 19.3 Å². The van der Waals surface area contributed by atoms with Gasteiger partial charge < -0.3 is 19.4 Å². The molecule has 1 unspecified atom stereocenters. The van der Waals surface area contributed by atoms with Gasteiger partial charge in [-0.25, -0.2) is 0 Å². The van der Waals surface area contributed by atoms with E-state index in [0.717, 1.165) is 57.0 Å². The summed E-state index contributed by atoms with van der Waals surface area (Å²) >= 11 is 0. The van der Waals surface area contributed by atoms with E-state index < -0.39 is 0 Å². The van der Waals surface area contributed by atoms with Crippen molar-refractivity contribution >= 4 is 29.9 Å². The third-order valence-corrected chi connectivity index (χ3v) is 5.37. The minimum Gasteiger partial charge on any atom is -0.468 e. The van der Waals surface area contributed by atoms with Gasteiger partial charge in [0.05, 0.1) is 12.3 Å². The molecule has 0 aliphatic carbocycles. The molecule has 1 aliphatic heterocycles. The molecule has 27 heavy (non-hydrogen) atoms. The quantitative estimate of drug-likeness (QED) is 0.325. The van der Waals surface area contributed by atoms with Gasteiger partial charge in [0.2, 0.25) is 0 Å². The van der Waals surface area contributed by atoms with Crippen LogP contribution in [0.15, 0.2) is 27.8 Å². The van der Waals surface area contributed by atoms with E-state index in [2.05, 4.69) is 47.1 Å². The molecule has 0 radical (unpaired) electrons. The number of nitrogens with one attached hydrogen (secondary N) is 1. The van der Waals surface area contributed by atoms with Crippen LogP contribution in [0.5, 0.6) is 0 Å². The molecule has 156 valence electrons. The van der Waals surface area contributed by atoms with Gasteiger partial charge in [-0.3, -0.25) is 9.89 Å². The predicted octanol–water partition coefficient (Wildman–Crippen LogP) is 3.60. The third-order valence-electron chi connectivity index (χ3n) is 5.37. The molecule has 0 saturated carbocycles. The van der Waals surface area contributed by atoms with Crippen LogP contribution < -0.4 is 5.32 Å². The van der Waals surface area contributed by atoms with Gasteiger partial charge in [0.15, 0.2) is 5.96 Å². The van der Waals surface area contributed by atoms with E-state index in [0.29, 0.717) is 0 Å². The van der Waals surface area contributed by atoms with Crippen LogP contribution in [0.3, 0.4) is 0 Å². The number of halogens is 1. The van der Waals surface area contributed by atoms with Crippen LogP contribution >= 0.6 is 24.0 Å². The van der Waals surface area contributed by atoms with Crippen molar-refractivity contribution in [1.82, 2.24) is 15.1 Å². The molecule has 6 nitrogen and oxygen atoms in total. The lowest BCUT2D eigenvalue weighted by Gasteiger charge is -2.31. The molecule has 7 heteroatoms. The maximum absolute atomic E-state index is 5.69. The van der Waals surface area contributed by atoms with Crippen LogP contribution in [-0.2, 0) is 4.74 Å². The van der Waals surface area contributed by atoms with Crippen LogP contribution in [0.4, 0.5) is 0 Å². The van der Waals surface area contributed by atoms with Crippen molar-refractivity contribution < 1.29 is 9.15 Å². The minimum atomic E-state index is 0. The number of ether oxygens (including phenoxy) is 1. The van der Waals surface area contributed by atoms with Gasteiger partial charge in [0.1, 0.15) is 5.76 Å². The van der Waals surface area contributed by atoms with E-state index in [1.54, 1.807) is 6.26 Å². The first-order chi connectivity index (χ1) is 12.7. The van der Waals surface area contributed by atoms with E-state index in [-0.39, 0.29) is 30.0 Å². The highest BCUT2D eigenvalue weighted by Crippen LogP contribution is 2.21. The van der Waals surface area contributed by atoms with Crippen molar-refractivity contribution in [1.29, 1.82) is 0 Å². The molecule has 1 N–H and O–H groups in total. The second-order valence-electron chi connectivity index (χ2n) is 6.95. The normalized spacial score (nSPS) is 16.9. The van der Waals surface area contributed by atoms with Crippen molar-refractivity contribution in [3.8, 4) is 0 Å². The Morgan fingerprint density at radius 3 is 2.56 bits per heavy atom. The van der Waals surface area contributed by atoms with Gasteiger partial charge in [-0.15, -0.1) is 24.0 Å². The molecule has 1 saturated heterocycles. The van der Waals surface area contributed by atoms with E-state index in [4.69, 9.17) is 9.15 Å². The number of aliphatic imine (C=N–C) groups is 1. The number of furan rings is 1. The van der Waals surface area contributed by atoms with E-state index in [1.807, 2.05) is 13.1 Å². The fraction of sp³-hybridized carbons (Fsp3) is 0.750. The lowest BCUT2D eigenvalue weighted by atomic mass is 9.96. The highest BCUT2D eigenvalue weighted by molar-refractivity contribution is 14.0. The highest BCUT2D eigenvalue weighted by atomic mass is 127. The average molecular weight is 492 g/mol. The summed E-state index contributed by atoms with van der Waals surface area (Å²) in [6.07, 6.45) is 5.31. The first kappa shape index (κ1) is 24.2. The molecular weight excluding hydrogens is 455 g/mol. The Morgan fingerprint density at radius 2 is 2.00 bits per heavy atom. The Hall–Kier alpha value is -0.800. The smallest absolute Gasteiger partial charge is 0.193 e. The summed E-state index contributed by atoms with van der Waals surface area (Å²) in [7, 11) is 3.97. The van der Waals surface area contributed by atoms with Crippen molar-refractivity contribution in [3.63, 3.8) is 0 Å². The van der Waals surface area contributed by atoms with Gasteiger partial charge >= 0.3 is 0 Å². The topological polar surface area (TPSA) is 53.2 Å². The minimum absolute atomic E-state index is 0. The van der Waals surface area contributed by atoms with Crippen LogP contribution in [-0.4, -0.2) is 69.2 Å². The molecule has 2 rings (SSSR count). The lowest BCUT2D eigenvalue weighted by molar-refractivity contribution is 0.0625. The molecule has 0 spiro atoms. The summed E-state index contributed by atoms with van der Waals surface area (Å²) in [6.45, 7) is 9.97. The molecule has 0 amide bonds. The summed E-state index contributed by atoms with van der Waals surface area (Å²) in [4.78, 5) is 9.11. The summed E-state index contributed by atoms with van der Waals surface area (Å²) in [6, 6.07) is 4.23. The van der Waals surface area contributed by atoms with Crippen LogP contribution in [0, 0.1) is 5.92 Å². The summed E-state index contributed by atoms with van der Waals surface area (Å²) in [5.74, 6) is 2.72. The number of nitrogens with zero attached hydrogens (tertiary/aromatic N) is 3. The molecule has 2 heterocycles. The fourth-order valence-corrected chi connectivity index (χ4v) is 3.64. The standard InChI is InChI=1S/C20H36N4O2.HI/c1-5-24(6-2)18(19-8-7-13-26-19)16-22-20(21-3)23(4)12-9-17-10-14-25-15-11-17;/h7-8,13,17-18H,5-6,9-12,14-16H2,1-4H3,(H,21,22);1H. The zero-order valence-corrected chi connectivity index (χ0v) is 19.6. The predicted molar refractivity (Wildman–Crippen MR) is 122 cm³/mol. The highest BCUT2D eigenvalue weighted by Gasteiger charge is 2.22. The Bertz CT molecular complexity index is 514. The molecule has 0 bridgehead atoms. The number of hydrogen-bond donors (Lipinski definition) is 1. The van der Waals surface area contributed by atoms with Gasteiger partial charge in [-0.2, -0.15) is 0 Å². The van der Waals surface area contributed by atoms with E-state index in [9.17, 15) is 0 Å². The van der Waals surface area contributed by atoms with Crippen LogP contribution in [0.1, 0.15) is 44.9 Å². The first-order valence-electron chi connectivity index (χ1n) is 9.96. The monoisotopic (exact) mass is 492 g/mol. The van der Waals surface area contributed by atoms with Crippen molar-refractivity contribution in [2.75, 3.05) is 53.5 Å². The maximum atomic E-state index is 5.69. The number of likely N-dealkylation sites (N-methyl/N-ethyl adjacent to an activating group) is 1. The van der Waals surface area contributed by atoms with Gasteiger partial charge in [0, 0.05) is 40.4 Å². The number of hydrogen-bond acceptors (Lipinski definition) is 4. The fourth-order valence-electron chi connectivity index (χ4n) is 3.64. The maximum Gasteiger partial charge on any atom is 0.193 e. The molecule has 1 aromatic rings. The third kappa shape index (κ3) is 7.62. The van der Waals surface area contributed by atoms with Crippen molar-refractivity contribution in [2.45, 2.75) is 39.2 Å². The van der Waals surface area contributed by atoms with E-state index >= 15 is 0 Å². The molecular formula is C20H37IN4O2. The zero-order valence-electron chi connectivity index (χ0n) is 17.3. The molecule has 1 aliphatic rings. The molecule has 1 fully saturated rings. The van der Waals surface area contributed by atoms with Crippen molar-refractivity contribution in [3.05, 3.63) is 24.2 Å². The lowest BCUT2D eigenvalue weighted by Crippen LogP contribution is -2.44. The van der Waals surface area contributed by atoms with Gasteiger partial charge in [-0.05, 0) is 50.4 Å². The van der Waals surface area contributed by atoms with Crippen LogP contribution in [0.2, 0.25) is 0 Å². The Morgan fingerprint density at radius 1 is 1.30 bits per heavy atom. The second-order valence-corrected chi connectivity index (χ2v) is 6.95. The Kier molecular flexibility index (Phi) is 12.0. The number of rotatable bonds is 9. The largest absolute Gasteiger partial charge is 0.468 e. The Balaban J connectivity index is 0.00000364. The Labute approximate surface area is 181 Å². The second kappa shape index (κ2) is 13.4. The summed E-state index contributed by atoms with van der Waals surface area (Å²) in [5.41, 5.74) is 0. The van der Waals surface area contributed by atoms with Gasteiger partial charge in [0.25, 0.3) is 0 Å². The molecule has 0 aromatic carbocycles. The SMILES string of the molecule is CCN(CC)C(CNC(=NC)N(C)CCC1CCOCC1)c1ccco1.I. The summed E-state index contributed by atoms with van der Waals surface area (Å²) < 4.78 is 11.1. The molecule has 1 atom stereocenters. The zero-order chi connectivity index (χ0) is 18.8. The van der Waals surface area contributed by atoms with Crippen LogP contribution in [0.25, 0.3) is 0 Å². The first-order valence-corrected chi connectivity index (χ1v) is 9.96.